The van der Waals surface area contributed by atoms with Crippen LogP contribution in [-0.4, -0.2) is 30.3 Å². The SMILES string of the molecule is CNC(C)(COc1ccc(C(C)(C)C)cc1C)C(=O)O. The molecule has 0 aliphatic carbocycles. The molecule has 0 radical (unpaired) electrons. The van der Waals surface area contributed by atoms with Crippen molar-refractivity contribution >= 4 is 5.97 Å². The number of hydrogen-bond acceptors (Lipinski definition) is 3. The van der Waals surface area contributed by atoms with Crippen molar-refractivity contribution in [3.8, 4) is 5.75 Å². The molecule has 1 rings (SSSR count). The minimum absolute atomic E-state index is 0.0779. The highest BCUT2D eigenvalue weighted by Gasteiger charge is 2.32. The molecule has 1 aromatic carbocycles. The number of carbonyl (C=O) groups is 1. The third-order valence-corrected chi connectivity index (χ3v) is 3.58. The first-order chi connectivity index (χ1) is 9.10. The molecular weight excluding hydrogens is 254 g/mol. The maximum absolute atomic E-state index is 11.2. The second-order valence-corrected chi connectivity index (χ2v) is 6.41. The number of aryl methyl sites for hydroxylation is 1. The molecule has 0 saturated heterocycles. The average Bonchev–Trinajstić information content (AvgIpc) is 2.35. The van der Waals surface area contributed by atoms with Crippen molar-refractivity contribution in [3.63, 3.8) is 0 Å². The zero-order valence-corrected chi connectivity index (χ0v) is 13.2. The Labute approximate surface area is 121 Å². The minimum Gasteiger partial charge on any atom is -0.491 e. The number of carboxylic acid groups (broad SMARTS) is 1. The van der Waals surface area contributed by atoms with Crippen LogP contribution in [0.4, 0.5) is 0 Å². The van der Waals surface area contributed by atoms with Gasteiger partial charge in [-0.05, 0) is 43.5 Å². The lowest BCUT2D eigenvalue weighted by atomic mass is 9.86. The lowest BCUT2D eigenvalue weighted by Gasteiger charge is -2.25. The Hall–Kier alpha value is -1.55. The summed E-state index contributed by atoms with van der Waals surface area (Å²) >= 11 is 0. The van der Waals surface area contributed by atoms with Gasteiger partial charge in [-0.2, -0.15) is 0 Å². The molecule has 0 saturated carbocycles. The quantitative estimate of drug-likeness (QED) is 0.870. The van der Waals surface area contributed by atoms with E-state index in [1.165, 1.54) is 5.56 Å². The summed E-state index contributed by atoms with van der Waals surface area (Å²) in [5.74, 6) is -0.204. The van der Waals surface area contributed by atoms with Gasteiger partial charge in [0.15, 0.2) is 0 Å². The van der Waals surface area contributed by atoms with E-state index in [9.17, 15) is 9.90 Å². The zero-order valence-electron chi connectivity index (χ0n) is 13.2. The number of ether oxygens (including phenoxy) is 1. The van der Waals surface area contributed by atoms with Crippen LogP contribution < -0.4 is 10.1 Å². The Morgan fingerprint density at radius 2 is 1.90 bits per heavy atom. The molecule has 0 aromatic heterocycles. The summed E-state index contributed by atoms with van der Waals surface area (Å²) in [5.41, 5.74) is 1.25. The highest BCUT2D eigenvalue weighted by Crippen LogP contribution is 2.27. The molecule has 0 fully saturated rings. The molecule has 0 heterocycles. The molecule has 0 bridgehead atoms. The molecule has 2 N–H and O–H groups in total. The number of aliphatic carboxylic acids is 1. The molecule has 20 heavy (non-hydrogen) atoms. The summed E-state index contributed by atoms with van der Waals surface area (Å²) in [5, 5.41) is 12.0. The molecule has 112 valence electrons. The number of likely N-dealkylation sites (N-methyl/N-ethyl adjacent to an activating group) is 1. The predicted molar refractivity (Wildman–Crippen MR) is 80.5 cm³/mol. The van der Waals surface area contributed by atoms with Crippen molar-refractivity contribution in [1.82, 2.24) is 5.32 Å². The van der Waals surface area contributed by atoms with E-state index in [1.54, 1.807) is 14.0 Å². The molecule has 4 heteroatoms. The van der Waals surface area contributed by atoms with Crippen molar-refractivity contribution in [2.24, 2.45) is 0 Å². The smallest absolute Gasteiger partial charge is 0.327 e. The highest BCUT2D eigenvalue weighted by atomic mass is 16.5. The van der Waals surface area contributed by atoms with Crippen molar-refractivity contribution in [2.45, 2.75) is 45.6 Å². The number of hydrogen-bond donors (Lipinski definition) is 2. The standard InChI is InChI=1S/C16H25NO3/c1-11-9-12(15(2,3)4)7-8-13(11)20-10-16(5,17-6)14(18)19/h7-9,17H,10H2,1-6H3,(H,18,19). The lowest BCUT2D eigenvalue weighted by Crippen LogP contribution is -2.52. The Bertz CT molecular complexity index is 491. The lowest BCUT2D eigenvalue weighted by molar-refractivity contribution is -0.145. The molecule has 0 aliphatic rings. The largest absolute Gasteiger partial charge is 0.491 e. The van der Waals surface area contributed by atoms with Gasteiger partial charge in [-0.1, -0.05) is 32.9 Å². The van der Waals surface area contributed by atoms with Crippen molar-refractivity contribution in [1.29, 1.82) is 0 Å². The van der Waals surface area contributed by atoms with E-state index in [0.717, 1.165) is 11.3 Å². The van der Waals surface area contributed by atoms with Gasteiger partial charge in [0.25, 0.3) is 0 Å². The molecular formula is C16H25NO3. The maximum atomic E-state index is 11.2. The third-order valence-electron chi connectivity index (χ3n) is 3.58. The normalized spacial score (nSPS) is 14.7. The summed E-state index contributed by atoms with van der Waals surface area (Å²) in [4.78, 5) is 11.2. The first kappa shape index (κ1) is 16.5. The van der Waals surface area contributed by atoms with Gasteiger partial charge < -0.3 is 15.2 Å². The van der Waals surface area contributed by atoms with E-state index in [4.69, 9.17) is 4.74 Å². The monoisotopic (exact) mass is 279 g/mol. The van der Waals surface area contributed by atoms with Gasteiger partial charge in [0.05, 0.1) is 0 Å². The molecule has 1 unspecified atom stereocenters. The zero-order chi connectivity index (χ0) is 15.6. The summed E-state index contributed by atoms with van der Waals surface area (Å²) < 4.78 is 5.68. The summed E-state index contributed by atoms with van der Waals surface area (Å²) in [6, 6.07) is 6.03. The van der Waals surface area contributed by atoms with Crippen LogP contribution in [-0.2, 0) is 10.2 Å². The predicted octanol–water partition coefficient (Wildman–Crippen LogP) is 2.73. The summed E-state index contributed by atoms with van der Waals surface area (Å²) in [7, 11) is 1.62. The fourth-order valence-corrected chi connectivity index (χ4v) is 1.74. The van der Waals surface area contributed by atoms with Gasteiger partial charge in [-0.25, -0.2) is 0 Å². The van der Waals surface area contributed by atoms with Gasteiger partial charge >= 0.3 is 5.97 Å². The Kier molecular flexibility index (Phi) is 4.81. The number of carboxylic acids is 1. The Balaban J connectivity index is 2.87. The van der Waals surface area contributed by atoms with Gasteiger partial charge in [0.1, 0.15) is 17.9 Å². The van der Waals surface area contributed by atoms with Gasteiger partial charge in [0.2, 0.25) is 0 Å². The Morgan fingerprint density at radius 1 is 1.30 bits per heavy atom. The van der Waals surface area contributed by atoms with Crippen molar-refractivity contribution in [3.05, 3.63) is 29.3 Å². The number of nitrogens with one attached hydrogen (secondary N) is 1. The van der Waals surface area contributed by atoms with Crippen LogP contribution in [0.1, 0.15) is 38.8 Å². The van der Waals surface area contributed by atoms with Crippen LogP contribution in [0.2, 0.25) is 0 Å². The second-order valence-electron chi connectivity index (χ2n) is 6.41. The minimum atomic E-state index is -1.09. The van der Waals surface area contributed by atoms with E-state index >= 15 is 0 Å². The van der Waals surface area contributed by atoms with E-state index in [-0.39, 0.29) is 12.0 Å². The molecule has 1 aromatic rings. The van der Waals surface area contributed by atoms with Gasteiger partial charge in [-0.15, -0.1) is 0 Å². The van der Waals surface area contributed by atoms with E-state index in [1.807, 2.05) is 19.1 Å². The molecule has 0 aliphatic heterocycles. The maximum Gasteiger partial charge on any atom is 0.327 e. The fourth-order valence-electron chi connectivity index (χ4n) is 1.74. The summed E-state index contributed by atoms with van der Waals surface area (Å²) in [6.45, 7) is 10.1. The summed E-state index contributed by atoms with van der Waals surface area (Å²) in [6.07, 6.45) is 0. The fraction of sp³-hybridized carbons (Fsp3) is 0.562. The van der Waals surface area contributed by atoms with Crippen LogP contribution in [0.25, 0.3) is 0 Å². The topological polar surface area (TPSA) is 58.6 Å². The van der Waals surface area contributed by atoms with Crippen LogP contribution in [0, 0.1) is 6.92 Å². The van der Waals surface area contributed by atoms with Crippen molar-refractivity contribution in [2.75, 3.05) is 13.7 Å². The molecule has 0 spiro atoms. The molecule has 0 amide bonds. The first-order valence-corrected chi connectivity index (χ1v) is 6.76. The number of benzene rings is 1. The van der Waals surface area contributed by atoms with Crippen LogP contribution in [0.3, 0.4) is 0 Å². The Morgan fingerprint density at radius 3 is 2.30 bits per heavy atom. The first-order valence-electron chi connectivity index (χ1n) is 6.76. The van der Waals surface area contributed by atoms with Gasteiger partial charge in [-0.3, -0.25) is 4.79 Å². The highest BCUT2D eigenvalue weighted by molar-refractivity contribution is 5.78. The van der Waals surface area contributed by atoms with Crippen LogP contribution >= 0.6 is 0 Å². The van der Waals surface area contributed by atoms with Crippen LogP contribution in [0.15, 0.2) is 18.2 Å². The van der Waals surface area contributed by atoms with Crippen LogP contribution in [0.5, 0.6) is 5.75 Å². The molecule has 4 nitrogen and oxygen atoms in total. The second kappa shape index (κ2) is 5.83. The number of rotatable bonds is 5. The van der Waals surface area contributed by atoms with Crippen molar-refractivity contribution < 1.29 is 14.6 Å². The van der Waals surface area contributed by atoms with E-state index in [2.05, 4.69) is 32.2 Å². The molecule has 1 atom stereocenters. The van der Waals surface area contributed by atoms with E-state index in [0.29, 0.717) is 0 Å². The average molecular weight is 279 g/mol. The van der Waals surface area contributed by atoms with Gasteiger partial charge in [0, 0.05) is 0 Å². The van der Waals surface area contributed by atoms with E-state index < -0.39 is 11.5 Å². The third kappa shape index (κ3) is 3.73.